The van der Waals surface area contributed by atoms with Crippen LogP contribution in [0.2, 0.25) is 5.02 Å². The van der Waals surface area contributed by atoms with Crippen molar-refractivity contribution in [3.8, 4) is 0 Å². The summed E-state index contributed by atoms with van der Waals surface area (Å²) in [6.45, 7) is 2.81. The summed E-state index contributed by atoms with van der Waals surface area (Å²) in [5, 5.41) is 4.06. The largest absolute Gasteiger partial charge is 0.309 e. The highest BCUT2D eigenvalue weighted by atomic mass is 79.9. The molecule has 2 aromatic rings. The maximum Gasteiger partial charge on any atom is 0.142 e. The molecule has 1 atom stereocenters. The van der Waals surface area contributed by atoms with Crippen molar-refractivity contribution >= 4 is 39.3 Å². The summed E-state index contributed by atoms with van der Waals surface area (Å²) < 4.78 is 14.7. The standard InChI is InChI=1S/C16H16BrClFNS/c1-2-20-15(13-4-3-5-14(17)16(13)19)10-21-12-8-6-11(18)7-9-12/h3-9,15,20H,2,10H2,1H3. The quantitative estimate of drug-likeness (QED) is 0.638. The van der Waals surface area contributed by atoms with Gasteiger partial charge in [-0.3, -0.25) is 0 Å². The van der Waals surface area contributed by atoms with E-state index in [0.717, 1.165) is 22.2 Å². The predicted octanol–water partition coefficient (Wildman–Crippen LogP) is 5.68. The van der Waals surface area contributed by atoms with Crippen LogP contribution in [0, 0.1) is 5.82 Å². The summed E-state index contributed by atoms with van der Waals surface area (Å²) in [6.07, 6.45) is 0. The van der Waals surface area contributed by atoms with E-state index in [0.29, 0.717) is 10.0 Å². The van der Waals surface area contributed by atoms with Crippen LogP contribution >= 0.6 is 39.3 Å². The van der Waals surface area contributed by atoms with Crippen LogP contribution < -0.4 is 5.32 Å². The van der Waals surface area contributed by atoms with Crippen molar-refractivity contribution in [3.05, 3.63) is 63.3 Å². The van der Waals surface area contributed by atoms with E-state index < -0.39 is 0 Å². The van der Waals surface area contributed by atoms with E-state index >= 15 is 0 Å². The van der Waals surface area contributed by atoms with Gasteiger partial charge in [-0.15, -0.1) is 11.8 Å². The summed E-state index contributed by atoms with van der Waals surface area (Å²) in [6, 6.07) is 13.1. The van der Waals surface area contributed by atoms with Crippen LogP contribution in [0.3, 0.4) is 0 Å². The molecule has 0 aliphatic heterocycles. The second-order valence-electron chi connectivity index (χ2n) is 4.52. The lowest BCUT2D eigenvalue weighted by molar-refractivity contribution is 0.542. The molecule has 1 nitrogen and oxygen atoms in total. The van der Waals surface area contributed by atoms with E-state index in [9.17, 15) is 4.39 Å². The second kappa shape index (κ2) is 8.18. The Morgan fingerprint density at radius 3 is 2.62 bits per heavy atom. The molecule has 0 bridgehead atoms. The lowest BCUT2D eigenvalue weighted by atomic mass is 10.1. The van der Waals surface area contributed by atoms with E-state index in [1.54, 1.807) is 17.8 Å². The molecule has 0 saturated carbocycles. The zero-order valence-corrected chi connectivity index (χ0v) is 14.7. The van der Waals surface area contributed by atoms with Crippen LogP contribution in [0.1, 0.15) is 18.5 Å². The number of hydrogen-bond acceptors (Lipinski definition) is 2. The van der Waals surface area contributed by atoms with Gasteiger partial charge in [0.05, 0.1) is 4.47 Å². The first kappa shape index (κ1) is 16.8. The van der Waals surface area contributed by atoms with Crippen LogP contribution in [0.15, 0.2) is 51.8 Å². The minimum absolute atomic E-state index is 0.0341. The molecule has 0 heterocycles. The van der Waals surface area contributed by atoms with Crippen molar-refractivity contribution in [3.63, 3.8) is 0 Å². The first-order chi connectivity index (χ1) is 10.1. The van der Waals surface area contributed by atoms with E-state index in [1.165, 1.54) is 0 Å². The van der Waals surface area contributed by atoms with Gasteiger partial charge in [-0.2, -0.15) is 0 Å². The monoisotopic (exact) mass is 387 g/mol. The summed E-state index contributed by atoms with van der Waals surface area (Å²) >= 11 is 10.8. The van der Waals surface area contributed by atoms with E-state index in [-0.39, 0.29) is 11.9 Å². The van der Waals surface area contributed by atoms with Gasteiger partial charge in [-0.25, -0.2) is 4.39 Å². The summed E-state index contributed by atoms with van der Waals surface area (Å²) in [5.74, 6) is 0.559. The Morgan fingerprint density at radius 1 is 1.24 bits per heavy atom. The van der Waals surface area contributed by atoms with Gasteiger partial charge in [0, 0.05) is 27.3 Å². The SMILES string of the molecule is CCNC(CSc1ccc(Cl)cc1)c1cccc(Br)c1F. The Kier molecular flexibility index (Phi) is 6.55. The normalized spacial score (nSPS) is 12.4. The Hall–Kier alpha value is -0.550. The smallest absolute Gasteiger partial charge is 0.142 e. The molecule has 0 fully saturated rings. The van der Waals surface area contributed by atoms with Gasteiger partial charge in [0.1, 0.15) is 5.82 Å². The Bertz CT molecular complexity index is 591. The van der Waals surface area contributed by atoms with Gasteiger partial charge < -0.3 is 5.32 Å². The molecule has 2 rings (SSSR count). The van der Waals surface area contributed by atoms with Gasteiger partial charge >= 0.3 is 0 Å². The van der Waals surface area contributed by atoms with Crippen LogP contribution in [-0.2, 0) is 0 Å². The average molecular weight is 389 g/mol. The molecule has 1 unspecified atom stereocenters. The number of hydrogen-bond donors (Lipinski definition) is 1. The third-order valence-corrected chi connectivity index (χ3v) is 5.01. The third kappa shape index (κ3) is 4.71. The molecule has 0 saturated heterocycles. The second-order valence-corrected chi connectivity index (χ2v) is 6.90. The Labute approximate surface area is 142 Å². The fourth-order valence-electron chi connectivity index (χ4n) is 2.01. The third-order valence-electron chi connectivity index (χ3n) is 3.04. The first-order valence-corrected chi connectivity index (χ1v) is 8.83. The molecule has 2 aromatic carbocycles. The van der Waals surface area contributed by atoms with Crippen molar-refractivity contribution in [2.24, 2.45) is 0 Å². The van der Waals surface area contributed by atoms with Crippen molar-refractivity contribution < 1.29 is 4.39 Å². The van der Waals surface area contributed by atoms with E-state index in [2.05, 4.69) is 21.2 Å². The predicted molar refractivity (Wildman–Crippen MR) is 92.7 cm³/mol. The molecule has 112 valence electrons. The number of thioether (sulfide) groups is 1. The fourth-order valence-corrected chi connectivity index (χ4v) is 3.50. The lowest BCUT2D eigenvalue weighted by Gasteiger charge is -2.19. The number of benzene rings is 2. The van der Waals surface area contributed by atoms with Crippen molar-refractivity contribution in [2.75, 3.05) is 12.3 Å². The summed E-state index contributed by atoms with van der Waals surface area (Å²) in [5.41, 5.74) is 0.688. The maximum atomic E-state index is 14.2. The van der Waals surface area contributed by atoms with Crippen LogP contribution in [0.4, 0.5) is 4.39 Å². The van der Waals surface area contributed by atoms with Gasteiger partial charge in [0.2, 0.25) is 0 Å². The molecule has 0 spiro atoms. The average Bonchev–Trinajstić information content (AvgIpc) is 2.48. The fraction of sp³-hybridized carbons (Fsp3) is 0.250. The molecular formula is C16H16BrClFNS. The van der Waals surface area contributed by atoms with Crippen molar-refractivity contribution in [2.45, 2.75) is 17.9 Å². The highest BCUT2D eigenvalue weighted by Crippen LogP contribution is 2.29. The minimum atomic E-state index is -0.194. The number of nitrogens with one attached hydrogen (secondary N) is 1. The molecule has 0 aliphatic rings. The molecule has 1 N–H and O–H groups in total. The molecule has 0 amide bonds. The molecule has 0 aliphatic carbocycles. The van der Waals surface area contributed by atoms with Crippen molar-refractivity contribution in [1.29, 1.82) is 0 Å². The Balaban J connectivity index is 2.12. The van der Waals surface area contributed by atoms with Gasteiger partial charge in [-0.1, -0.05) is 30.7 Å². The minimum Gasteiger partial charge on any atom is -0.309 e. The molecule has 21 heavy (non-hydrogen) atoms. The number of halogens is 3. The highest BCUT2D eigenvalue weighted by Gasteiger charge is 2.16. The van der Waals surface area contributed by atoms with Crippen LogP contribution in [-0.4, -0.2) is 12.3 Å². The van der Waals surface area contributed by atoms with Crippen molar-refractivity contribution in [1.82, 2.24) is 5.32 Å². The van der Waals surface area contributed by atoms with Gasteiger partial charge in [-0.05, 0) is 52.8 Å². The molecule has 0 aromatic heterocycles. The Morgan fingerprint density at radius 2 is 1.95 bits per heavy atom. The lowest BCUT2D eigenvalue weighted by Crippen LogP contribution is -2.24. The molecule has 5 heteroatoms. The van der Waals surface area contributed by atoms with Crippen LogP contribution in [0.25, 0.3) is 0 Å². The van der Waals surface area contributed by atoms with Crippen LogP contribution in [0.5, 0.6) is 0 Å². The van der Waals surface area contributed by atoms with Gasteiger partial charge in [0.15, 0.2) is 0 Å². The summed E-state index contributed by atoms with van der Waals surface area (Å²) in [7, 11) is 0. The zero-order valence-electron chi connectivity index (χ0n) is 11.6. The molecular weight excluding hydrogens is 373 g/mol. The summed E-state index contributed by atoms with van der Waals surface area (Å²) in [4.78, 5) is 1.12. The topological polar surface area (TPSA) is 12.0 Å². The van der Waals surface area contributed by atoms with Gasteiger partial charge in [0.25, 0.3) is 0 Å². The van der Waals surface area contributed by atoms with E-state index in [1.807, 2.05) is 43.3 Å². The number of rotatable bonds is 6. The first-order valence-electron chi connectivity index (χ1n) is 6.67. The van der Waals surface area contributed by atoms with E-state index in [4.69, 9.17) is 11.6 Å². The zero-order chi connectivity index (χ0) is 15.2. The highest BCUT2D eigenvalue weighted by molar-refractivity contribution is 9.10. The maximum absolute atomic E-state index is 14.2. The molecule has 0 radical (unpaired) electrons.